The fourth-order valence-corrected chi connectivity index (χ4v) is 7.62. The largest absolute Gasteiger partial charge is 0.352 e. The molecule has 4 aromatic carbocycles. The molecule has 1 saturated carbocycles. The highest BCUT2D eigenvalue weighted by Crippen LogP contribution is 2.26. The van der Waals surface area contributed by atoms with Gasteiger partial charge in [0, 0.05) is 27.6 Å². The van der Waals surface area contributed by atoms with Gasteiger partial charge >= 0.3 is 0 Å². The van der Waals surface area contributed by atoms with Gasteiger partial charge in [-0.05, 0) is 95.1 Å². The van der Waals surface area contributed by atoms with Crippen LogP contribution in [-0.4, -0.2) is 43.8 Å². The quantitative estimate of drug-likeness (QED) is 0.161. The van der Waals surface area contributed by atoms with Crippen molar-refractivity contribution in [1.29, 1.82) is 0 Å². The van der Waals surface area contributed by atoms with Crippen molar-refractivity contribution in [2.24, 2.45) is 0 Å². The van der Waals surface area contributed by atoms with Gasteiger partial charge < -0.3 is 10.2 Å². The Hall–Kier alpha value is -3.41. The van der Waals surface area contributed by atoms with Gasteiger partial charge in [0.25, 0.3) is 10.0 Å². The molecule has 0 radical (unpaired) electrons. The third kappa shape index (κ3) is 8.65. The van der Waals surface area contributed by atoms with Crippen molar-refractivity contribution in [1.82, 2.24) is 10.2 Å². The minimum atomic E-state index is -4.14. The lowest BCUT2D eigenvalue weighted by atomic mass is 10.0. The molecule has 234 valence electrons. The van der Waals surface area contributed by atoms with Crippen molar-refractivity contribution in [2.75, 3.05) is 10.8 Å². The van der Waals surface area contributed by atoms with Crippen LogP contribution in [0.15, 0.2) is 114 Å². The molecule has 0 aromatic heterocycles. The zero-order chi connectivity index (χ0) is 31.8. The highest BCUT2D eigenvalue weighted by Gasteiger charge is 2.35. The van der Waals surface area contributed by atoms with Gasteiger partial charge in [0.2, 0.25) is 11.8 Å². The molecule has 0 bridgehead atoms. The van der Waals surface area contributed by atoms with Crippen LogP contribution in [0.3, 0.4) is 0 Å². The van der Waals surface area contributed by atoms with Crippen molar-refractivity contribution in [2.45, 2.75) is 55.6 Å². The Balaban J connectivity index is 1.56. The molecule has 0 aliphatic heterocycles. The Kier molecular flexibility index (Phi) is 11.2. The van der Waals surface area contributed by atoms with Gasteiger partial charge in [0.15, 0.2) is 0 Å². The average Bonchev–Trinajstić information content (AvgIpc) is 3.56. The monoisotopic (exact) mass is 755 g/mol. The number of benzene rings is 4. The minimum absolute atomic E-state index is 0.0423. The fourth-order valence-electron chi connectivity index (χ4n) is 5.61. The molecule has 7 nitrogen and oxygen atoms in total. The smallest absolute Gasteiger partial charge is 0.264 e. The maximum atomic E-state index is 14.5. The number of rotatable bonds is 12. The summed E-state index contributed by atoms with van der Waals surface area (Å²) in [4.78, 5) is 30.2. The van der Waals surface area contributed by atoms with Gasteiger partial charge in [0.1, 0.15) is 12.6 Å². The van der Waals surface area contributed by atoms with Gasteiger partial charge in [-0.25, -0.2) is 8.42 Å². The van der Waals surface area contributed by atoms with Gasteiger partial charge in [-0.1, -0.05) is 85.1 Å². The first kappa shape index (κ1) is 33.0. The summed E-state index contributed by atoms with van der Waals surface area (Å²) in [7, 11) is -4.14. The standard InChI is InChI=1S/C35H35ClIN3O4S/c36-28-13-9-12-27(22-28)24-39(33(23-26-10-3-1-4-11-26)35(42)38-30-14-7-8-15-30)34(41)25-40(31-20-18-29(37)19-21-31)45(43,44)32-16-5-2-6-17-32/h1-6,9-13,16-22,30,33H,7-8,14-15,23-25H2,(H,38,42). The highest BCUT2D eigenvalue weighted by molar-refractivity contribution is 14.1. The number of nitrogens with one attached hydrogen (secondary N) is 1. The SMILES string of the molecule is O=C(NC1CCCC1)C(Cc1ccccc1)N(Cc1cccc(Cl)c1)C(=O)CN(c1ccc(I)cc1)S(=O)(=O)c1ccccc1. The number of carbonyl (C=O) groups is 2. The van der Waals surface area contributed by atoms with Crippen molar-refractivity contribution in [3.63, 3.8) is 0 Å². The van der Waals surface area contributed by atoms with Crippen molar-refractivity contribution in [3.8, 4) is 0 Å². The second kappa shape index (κ2) is 15.2. The lowest BCUT2D eigenvalue weighted by Gasteiger charge is -2.34. The van der Waals surface area contributed by atoms with E-state index in [1.54, 1.807) is 60.7 Å². The van der Waals surface area contributed by atoms with Gasteiger partial charge in [-0.15, -0.1) is 0 Å². The Morgan fingerprint density at radius 2 is 1.47 bits per heavy atom. The average molecular weight is 756 g/mol. The Morgan fingerprint density at radius 3 is 2.11 bits per heavy atom. The number of hydrogen-bond acceptors (Lipinski definition) is 4. The summed E-state index contributed by atoms with van der Waals surface area (Å²) in [6, 6.07) is 30.9. The van der Waals surface area contributed by atoms with Crippen LogP contribution in [0.5, 0.6) is 0 Å². The van der Waals surface area contributed by atoms with Crippen LogP contribution in [0, 0.1) is 3.57 Å². The van der Waals surface area contributed by atoms with Crippen LogP contribution in [-0.2, 0) is 32.6 Å². The molecular formula is C35H35ClIN3O4S. The van der Waals surface area contributed by atoms with E-state index in [2.05, 4.69) is 27.9 Å². The van der Waals surface area contributed by atoms with E-state index in [1.165, 1.54) is 17.0 Å². The molecular weight excluding hydrogens is 721 g/mol. The first-order chi connectivity index (χ1) is 21.7. The summed E-state index contributed by atoms with van der Waals surface area (Å²) >= 11 is 8.48. The predicted molar refractivity (Wildman–Crippen MR) is 186 cm³/mol. The van der Waals surface area contributed by atoms with Crippen molar-refractivity contribution in [3.05, 3.63) is 129 Å². The molecule has 4 aromatic rings. The molecule has 1 fully saturated rings. The lowest BCUT2D eigenvalue weighted by molar-refractivity contribution is -0.140. The summed E-state index contributed by atoms with van der Waals surface area (Å²) in [5.41, 5.74) is 1.97. The second-order valence-electron chi connectivity index (χ2n) is 11.1. The molecule has 10 heteroatoms. The summed E-state index contributed by atoms with van der Waals surface area (Å²) < 4.78 is 30.2. The molecule has 1 aliphatic carbocycles. The summed E-state index contributed by atoms with van der Waals surface area (Å²) in [6.07, 6.45) is 4.13. The number of sulfonamides is 1. The van der Waals surface area contributed by atoms with E-state index in [-0.39, 0.29) is 29.8 Å². The number of nitrogens with zero attached hydrogens (tertiary/aromatic N) is 2. The van der Waals surface area contributed by atoms with E-state index in [4.69, 9.17) is 11.6 Å². The van der Waals surface area contributed by atoms with Gasteiger partial charge in [-0.2, -0.15) is 0 Å². The van der Waals surface area contributed by atoms with Gasteiger partial charge in [-0.3, -0.25) is 13.9 Å². The van der Waals surface area contributed by atoms with Crippen LogP contribution < -0.4 is 9.62 Å². The molecule has 1 atom stereocenters. The number of anilines is 1. The third-order valence-corrected chi connectivity index (χ3v) is 10.7. The molecule has 0 spiro atoms. The molecule has 0 heterocycles. The lowest BCUT2D eigenvalue weighted by Crippen LogP contribution is -2.54. The maximum absolute atomic E-state index is 14.5. The Labute approximate surface area is 283 Å². The molecule has 2 amide bonds. The summed E-state index contributed by atoms with van der Waals surface area (Å²) in [5, 5.41) is 3.69. The van der Waals surface area contributed by atoms with E-state index >= 15 is 0 Å². The topological polar surface area (TPSA) is 86.8 Å². The molecule has 1 N–H and O–H groups in total. The zero-order valence-electron chi connectivity index (χ0n) is 24.7. The van der Waals surface area contributed by atoms with Crippen LogP contribution in [0.1, 0.15) is 36.8 Å². The fraction of sp³-hybridized carbons (Fsp3) is 0.257. The van der Waals surface area contributed by atoms with Gasteiger partial charge in [0.05, 0.1) is 10.6 Å². The number of amides is 2. The van der Waals surface area contributed by atoms with Crippen LogP contribution in [0.4, 0.5) is 5.69 Å². The van der Waals surface area contributed by atoms with E-state index < -0.39 is 28.5 Å². The summed E-state index contributed by atoms with van der Waals surface area (Å²) in [6.45, 7) is -0.429. The zero-order valence-corrected chi connectivity index (χ0v) is 28.4. The molecule has 5 rings (SSSR count). The number of hydrogen-bond donors (Lipinski definition) is 1. The molecule has 1 aliphatic rings. The Morgan fingerprint density at radius 1 is 0.844 bits per heavy atom. The van der Waals surface area contributed by atoms with Crippen LogP contribution in [0.2, 0.25) is 5.02 Å². The molecule has 45 heavy (non-hydrogen) atoms. The number of carbonyl (C=O) groups excluding carboxylic acids is 2. The first-order valence-electron chi connectivity index (χ1n) is 14.9. The maximum Gasteiger partial charge on any atom is 0.264 e. The van der Waals surface area contributed by atoms with Crippen molar-refractivity contribution >= 4 is 61.7 Å². The Bertz CT molecular complexity index is 1700. The summed E-state index contributed by atoms with van der Waals surface area (Å²) in [5.74, 6) is -0.761. The van der Waals surface area contributed by atoms with E-state index in [0.29, 0.717) is 10.7 Å². The third-order valence-electron chi connectivity index (χ3n) is 7.94. The number of halogens is 2. The highest BCUT2D eigenvalue weighted by atomic mass is 127. The normalized spacial score (nSPS) is 14.1. The van der Waals surface area contributed by atoms with E-state index in [1.807, 2.05) is 36.4 Å². The van der Waals surface area contributed by atoms with Crippen molar-refractivity contribution < 1.29 is 18.0 Å². The minimum Gasteiger partial charge on any atom is -0.352 e. The first-order valence-corrected chi connectivity index (χ1v) is 17.8. The predicted octanol–water partition coefficient (Wildman–Crippen LogP) is 6.84. The van der Waals surface area contributed by atoms with Crippen LogP contribution >= 0.6 is 34.2 Å². The van der Waals surface area contributed by atoms with E-state index in [0.717, 1.165) is 44.7 Å². The van der Waals surface area contributed by atoms with E-state index in [9.17, 15) is 18.0 Å². The van der Waals surface area contributed by atoms with Crippen LogP contribution in [0.25, 0.3) is 0 Å². The second-order valence-corrected chi connectivity index (χ2v) is 14.7. The molecule has 0 saturated heterocycles. The molecule has 1 unspecified atom stereocenters.